The van der Waals surface area contributed by atoms with Crippen LogP contribution in [0.4, 0.5) is 0 Å². The highest BCUT2D eigenvalue weighted by Gasteiger charge is 2.16. The molecule has 0 spiro atoms. The summed E-state index contributed by atoms with van der Waals surface area (Å²) < 4.78 is 4.73. The molecule has 0 aliphatic rings. The molecule has 0 heterocycles. The van der Waals surface area contributed by atoms with Crippen LogP contribution in [0.5, 0.6) is 0 Å². The Kier molecular flexibility index (Phi) is 7.69. The molecule has 0 aliphatic carbocycles. The van der Waals surface area contributed by atoms with Crippen LogP contribution in [0.25, 0.3) is 0 Å². The molecular weight excluding hydrogens is 166 g/mol. The van der Waals surface area contributed by atoms with E-state index in [1.165, 1.54) is 7.11 Å². The number of carbonyl (C=O) groups is 1. The largest absolute Gasteiger partial charge is 0.469 e. The van der Waals surface area contributed by atoms with E-state index in [0.717, 1.165) is 32.4 Å². The van der Waals surface area contributed by atoms with E-state index < -0.39 is 0 Å². The molecule has 0 aromatic heterocycles. The Labute approximate surface area is 80.8 Å². The van der Waals surface area contributed by atoms with E-state index in [9.17, 15) is 4.79 Å². The number of hydrogen-bond acceptors (Lipinski definition) is 3. The zero-order chi connectivity index (χ0) is 10.1. The summed E-state index contributed by atoms with van der Waals surface area (Å²) in [4.78, 5) is 11.2. The Balaban J connectivity index is 3.73. The lowest BCUT2D eigenvalue weighted by Gasteiger charge is -2.13. The minimum absolute atomic E-state index is 0.0697. The van der Waals surface area contributed by atoms with Crippen LogP contribution in [0.15, 0.2) is 0 Å². The normalized spacial score (nSPS) is 12.5. The molecule has 78 valence electrons. The number of ether oxygens (including phenoxy) is 1. The van der Waals surface area contributed by atoms with Gasteiger partial charge in [0.25, 0.3) is 0 Å². The molecular formula is C10H21NO2. The van der Waals surface area contributed by atoms with Gasteiger partial charge in [0.05, 0.1) is 13.0 Å². The molecule has 0 amide bonds. The van der Waals surface area contributed by atoms with Gasteiger partial charge in [-0.1, -0.05) is 20.3 Å². The van der Waals surface area contributed by atoms with Crippen LogP contribution in [0.1, 0.15) is 33.1 Å². The second kappa shape index (κ2) is 8.05. The quantitative estimate of drug-likeness (QED) is 0.485. The van der Waals surface area contributed by atoms with Crippen LogP contribution in [0.3, 0.4) is 0 Å². The Hall–Kier alpha value is -0.570. The van der Waals surface area contributed by atoms with Crippen LogP contribution in [-0.4, -0.2) is 26.2 Å². The third kappa shape index (κ3) is 5.64. The summed E-state index contributed by atoms with van der Waals surface area (Å²) in [7, 11) is 1.46. The minimum Gasteiger partial charge on any atom is -0.469 e. The maximum absolute atomic E-state index is 11.2. The predicted molar refractivity (Wildman–Crippen MR) is 53.6 cm³/mol. The first-order chi connectivity index (χ1) is 6.26. The van der Waals surface area contributed by atoms with Crippen molar-refractivity contribution in [2.24, 2.45) is 5.92 Å². The SMILES string of the molecule is CCCC(CCNCC)C(=O)OC. The van der Waals surface area contributed by atoms with Gasteiger partial charge < -0.3 is 10.1 Å². The van der Waals surface area contributed by atoms with E-state index in [0.29, 0.717) is 0 Å². The van der Waals surface area contributed by atoms with Gasteiger partial charge in [0, 0.05) is 0 Å². The molecule has 3 heteroatoms. The fourth-order valence-electron chi connectivity index (χ4n) is 1.35. The average Bonchev–Trinajstić information content (AvgIpc) is 2.16. The highest BCUT2D eigenvalue weighted by Crippen LogP contribution is 2.11. The Bertz CT molecular complexity index is 137. The molecule has 0 aliphatic heterocycles. The van der Waals surface area contributed by atoms with Crippen molar-refractivity contribution in [3.05, 3.63) is 0 Å². The molecule has 3 nitrogen and oxygen atoms in total. The Morgan fingerprint density at radius 3 is 2.54 bits per heavy atom. The van der Waals surface area contributed by atoms with E-state index in [-0.39, 0.29) is 11.9 Å². The van der Waals surface area contributed by atoms with Gasteiger partial charge in [-0.05, 0) is 25.9 Å². The number of esters is 1. The molecule has 0 radical (unpaired) electrons. The molecule has 13 heavy (non-hydrogen) atoms. The van der Waals surface area contributed by atoms with Crippen molar-refractivity contribution >= 4 is 5.97 Å². The highest BCUT2D eigenvalue weighted by atomic mass is 16.5. The van der Waals surface area contributed by atoms with Crippen LogP contribution < -0.4 is 5.32 Å². The van der Waals surface area contributed by atoms with Crippen molar-refractivity contribution in [2.75, 3.05) is 20.2 Å². The van der Waals surface area contributed by atoms with Gasteiger partial charge >= 0.3 is 5.97 Å². The highest BCUT2D eigenvalue weighted by molar-refractivity contribution is 5.72. The number of hydrogen-bond donors (Lipinski definition) is 1. The van der Waals surface area contributed by atoms with Gasteiger partial charge in [-0.15, -0.1) is 0 Å². The molecule has 0 aromatic carbocycles. The fourth-order valence-corrected chi connectivity index (χ4v) is 1.35. The lowest BCUT2D eigenvalue weighted by Crippen LogP contribution is -2.23. The Morgan fingerprint density at radius 1 is 1.38 bits per heavy atom. The van der Waals surface area contributed by atoms with Gasteiger partial charge in [0.15, 0.2) is 0 Å². The lowest BCUT2D eigenvalue weighted by atomic mass is 10.0. The topological polar surface area (TPSA) is 38.3 Å². The van der Waals surface area contributed by atoms with E-state index in [1.54, 1.807) is 0 Å². The molecule has 0 saturated carbocycles. The van der Waals surface area contributed by atoms with Crippen LogP contribution in [-0.2, 0) is 9.53 Å². The third-order valence-corrected chi connectivity index (χ3v) is 2.09. The fraction of sp³-hybridized carbons (Fsp3) is 0.900. The molecule has 0 aromatic rings. The van der Waals surface area contributed by atoms with Gasteiger partial charge in [-0.25, -0.2) is 0 Å². The summed E-state index contributed by atoms with van der Waals surface area (Å²) in [5, 5.41) is 3.21. The summed E-state index contributed by atoms with van der Waals surface area (Å²) in [6, 6.07) is 0. The summed E-state index contributed by atoms with van der Waals surface area (Å²) in [6.07, 6.45) is 2.85. The van der Waals surface area contributed by atoms with E-state index >= 15 is 0 Å². The first-order valence-electron chi connectivity index (χ1n) is 5.04. The number of methoxy groups -OCH3 is 1. The van der Waals surface area contributed by atoms with Crippen molar-refractivity contribution in [3.63, 3.8) is 0 Å². The molecule has 0 saturated heterocycles. The zero-order valence-electron chi connectivity index (χ0n) is 8.93. The molecule has 1 atom stereocenters. The molecule has 0 bridgehead atoms. The van der Waals surface area contributed by atoms with Crippen molar-refractivity contribution < 1.29 is 9.53 Å². The predicted octanol–water partition coefficient (Wildman–Crippen LogP) is 1.58. The van der Waals surface area contributed by atoms with Crippen LogP contribution >= 0.6 is 0 Å². The number of carbonyl (C=O) groups excluding carboxylic acids is 1. The van der Waals surface area contributed by atoms with Crippen LogP contribution in [0.2, 0.25) is 0 Å². The Morgan fingerprint density at radius 2 is 2.08 bits per heavy atom. The smallest absolute Gasteiger partial charge is 0.308 e. The molecule has 0 rings (SSSR count). The standard InChI is InChI=1S/C10H21NO2/c1-4-6-9(10(12)13-3)7-8-11-5-2/h9,11H,4-8H2,1-3H3. The summed E-state index contributed by atoms with van der Waals surface area (Å²) in [6.45, 7) is 6.01. The molecule has 1 N–H and O–H groups in total. The van der Waals surface area contributed by atoms with Gasteiger partial charge in [0.1, 0.15) is 0 Å². The third-order valence-electron chi connectivity index (χ3n) is 2.09. The zero-order valence-corrected chi connectivity index (χ0v) is 8.93. The lowest BCUT2D eigenvalue weighted by molar-refractivity contribution is -0.145. The number of nitrogens with one attached hydrogen (secondary N) is 1. The summed E-state index contributed by atoms with van der Waals surface area (Å²) in [5.74, 6) is 0.00815. The summed E-state index contributed by atoms with van der Waals surface area (Å²) >= 11 is 0. The second-order valence-corrected chi connectivity index (χ2v) is 3.15. The first-order valence-corrected chi connectivity index (χ1v) is 5.04. The summed E-state index contributed by atoms with van der Waals surface area (Å²) in [5.41, 5.74) is 0. The average molecular weight is 187 g/mol. The minimum atomic E-state index is -0.0697. The van der Waals surface area contributed by atoms with E-state index in [2.05, 4.69) is 19.2 Å². The maximum atomic E-state index is 11.2. The van der Waals surface area contributed by atoms with E-state index in [4.69, 9.17) is 4.74 Å². The first kappa shape index (κ1) is 12.4. The van der Waals surface area contributed by atoms with Crippen molar-refractivity contribution in [3.8, 4) is 0 Å². The van der Waals surface area contributed by atoms with Gasteiger partial charge in [0.2, 0.25) is 0 Å². The van der Waals surface area contributed by atoms with Crippen LogP contribution in [0, 0.1) is 5.92 Å². The van der Waals surface area contributed by atoms with E-state index in [1.807, 2.05) is 0 Å². The van der Waals surface area contributed by atoms with Gasteiger partial charge in [-0.2, -0.15) is 0 Å². The number of rotatable bonds is 7. The monoisotopic (exact) mass is 187 g/mol. The molecule has 0 fully saturated rings. The van der Waals surface area contributed by atoms with Crippen molar-refractivity contribution in [2.45, 2.75) is 33.1 Å². The van der Waals surface area contributed by atoms with Crippen molar-refractivity contribution in [1.82, 2.24) is 5.32 Å². The molecule has 1 unspecified atom stereocenters. The van der Waals surface area contributed by atoms with Gasteiger partial charge in [-0.3, -0.25) is 4.79 Å². The maximum Gasteiger partial charge on any atom is 0.308 e. The second-order valence-electron chi connectivity index (χ2n) is 3.15. The van der Waals surface area contributed by atoms with Crippen molar-refractivity contribution in [1.29, 1.82) is 0 Å².